The quantitative estimate of drug-likeness (QED) is 0.829. The van der Waals surface area contributed by atoms with Gasteiger partial charge >= 0.3 is 0 Å². The summed E-state index contributed by atoms with van der Waals surface area (Å²) < 4.78 is 0. The fourth-order valence-corrected chi connectivity index (χ4v) is 2.90. The predicted octanol–water partition coefficient (Wildman–Crippen LogP) is 3.08. The molecule has 2 aliphatic carbocycles. The van der Waals surface area contributed by atoms with Crippen LogP contribution in [0.4, 0.5) is 0 Å². The lowest BCUT2D eigenvalue weighted by molar-refractivity contribution is 0.378. The van der Waals surface area contributed by atoms with Crippen molar-refractivity contribution in [3.05, 3.63) is 35.4 Å². The second kappa shape index (κ2) is 5.12. The van der Waals surface area contributed by atoms with E-state index in [4.69, 9.17) is 5.26 Å². The lowest BCUT2D eigenvalue weighted by atomic mass is 9.98. The largest absolute Gasteiger partial charge is 0.312 e. The molecule has 18 heavy (non-hydrogen) atoms. The van der Waals surface area contributed by atoms with Gasteiger partial charge in [0.1, 0.15) is 0 Å². The Balaban J connectivity index is 1.49. The van der Waals surface area contributed by atoms with Crippen LogP contribution in [0.1, 0.15) is 36.8 Å². The average molecular weight is 240 g/mol. The monoisotopic (exact) mass is 240 g/mol. The van der Waals surface area contributed by atoms with Gasteiger partial charge in [-0.3, -0.25) is 0 Å². The van der Waals surface area contributed by atoms with E-state index in [1.807, 2.05) is 18.2 Å². The molecule has 0 saturated heterocycles. The third-order valence-corrected chi connectivity index (χ3v) is 4.22. The molecule has 2 aliphatic rings. The van der Waals surface area contributed by atoms with Crippen LogP contribution in [-0.4, -0.2) is 6.54 Å². The summed E-state index contributed by atoms with van der Waals surface area (Å²) in [6.07, 6.45) is 5.80. The zero-order chi connectivity index (χ0) is 12.4. The van der Waals surface area contributed by atoms with Crippen molar-refractivity contribution in [3.63, 3.8) is 0 Å². The van der Waals surface area contributed by atoms with Crippen LogP contribution in [0.2, 0.25) is 0 Å². The highest BCUT2D eigenvalue weighted by Crippen LogP contribution is 2.48. The molecule has 1 N–H and O–H groups in total. The van der Waals surface area contributed by atoms with Crippen LogP contribution in [0, 0.1) is 29.1 Å². The fourth-order valence-electron chi connectivity index (χ4n) is 2.90. The molecular weight excluding hydrogens is 220 g/mol. The van der Waals surface area contributed by atoms with Gasteiger partial charge < -0.3 is 5.32 Å². The maximum absolute atomic E-state index is 8.87. The molecule has 0 bridgehead atoms. The van der Waals surface area contributed by atoms with Gasteiger partial charge in [0, 0.05) is 6.54 Å². The first-order chi connectivity index (χ1) is 8.86. The van der Waals surface area contributed by atoms with Crippen LogP contribution in [-0.2, 0) is 6.54 Å². The van der Waals surface area contributed by atoms with E-state index in [1.165, 1.54) is 31.2 Å². The summed E-state index contributed by atoms with van der Waals surface area (Å²) >= 11 is 0. The fraction of sp³-hybridized carbons (Fsp3) is 0.562. The highest BCUT2D eigenvalue weighted by Gasteiger charge is 2.40. The summed E-state index contributed by atoms with van der Waals surface area (Å²) in [5.41, 5.74) is 1.98. The minimum absolute atomic E-state index is 0.759. The molecule has 2 nitrogen and oxygen atoms in total. The van der Waals surface area contributed by atoms with Crippen LogP contribution in [0.5, 0.6) is 0 Å². The SMILES string of the molecule is N#Cc1cccc(CNCC(C2CC2)C2CC2)c1. The van der Waals surface area contributed by atoms with E-state index in [0.29, 0.717) is 0 Å². The Hall–Kier alpha value is -1.33. The van der Waals surface area contributed by atoms with Crippen molar-refractivity contribution in [1.29, 1.82) is 5.26 Å². The number of nitrogens with one attached hydrogen (secondary N) is 1. The first kappa shape index (κ1) is 11.7. The third kappa shape index (κ3) is 2.91. The van der Waals surface area contributed by atoms with E-state index in [1.54, 1.807) is 0 Å². The first-order valence-electron chi connectivity index (χ1n) is 7.06. The Bertz CT molecular complexity index is 440. The topological polar surface area (TPSA) is 35.8 Å². The molecule has 0 atom stereocenters. The van der Waals surface area contributed by atoms with Gasteiger partial charge in [0.05, 0.1) is 11.6 Å². The maximum atomic E-state index is 8.87. The van der Waals surface area contributed by atoms with E-state index in [0.717, 1.165) is 36.4 Å². The standard InChI is InChI=1S/C16H20N2/c17-9-12-2-1-3-13(8-12)10-18-11-16(14-4-5-14)15-6-7-15/h1-3,8,14-16,18H,4-7,10-11H2. The Morgan fingerprint density at radius 2 is 1.94 bits per heavy atom. The number of hydrogen-bond donors (Lipinski definition) is 1. The van der Waals surface area contributed by atoms with Crippen LogP contribution < -0.4 is 5.32 Å². The van der Waals surface area contributed by atoms with Crippen LogP contribution in [0.3, 0.4) is 0 Å². The number of rotatable bonds is 6. The van der Waals surface area contributed by atoms with Gasteiger partial charge in [0.25, 0.3) is 0 Å². The van der Waals surface area contributed by atoms with E-state index >= 15 is 0 Å². The summed E-state index contributed by atoms with van der Waals surface area (Å²) in [6, 6.07) is 10.1. The first-order valence-corrected chi connectivity index (χ1v) is 7.06. The summed E-state index contributed by atoms with van der Waals surface area (Å²) in [6.45, 7) is 2.05. The zero-order valence-corrected chi connectivity index (χ0v) is 10.7. The van der Waals surface area contributed by atoms with Crippen LogP contribution >= 0.6 is 0 Å². The zero-order valence-electron chi connectivity index (χ0n) is 10.7. The smallest absolute Gasteiger partial charge is 0.0991 e. The van der Waals surface area contributed by atoms with Crippen LogP contribution in [0.25, 0.3) is 0 Å². The lowest BCUT2D eigenvalue weighted by Gasteiger charge is -2.16. The molecule has 2 heteroatoms. The van der Waals surface area contributed by atoms with Crippen molar-refractivity contribution in [3.8, 4) is 6.07 Å². The Labute approximate surface area is 109 Å². The molecule has 1 aromatic rings. The van der Waals surface area contributed by atoms with E-state index in [2.05, 4.69) is 17.5 Å². The van der Waals surface area contributed by atoms with E-state index in [-0.39, 0.29) is 0 Å². The van der Waals surface area contributed by atoms with Crippen molar-refractivity contribution in [2.24, 2.45) is 17.8 Å². The molecule has 0 unspecified atom stereocenters. The maximum Gasteiger partial charge on any atom is 0.0991 e. The highest BCUT2D eigenvalue weighted by molar-refractivity contribution is 5.32. The molecule has 3 rings (SSSR count). The molecule has 0 aliphatic heterocycles. The minimum Gasteiger partial charge on any atom is -0.312 e. The van der Waals surface area contributed by atoms with Crippen molar-refractivity contribution in [1.82, 2.24) is 5.32 Å². The van der Waals surface area contributed by atoms with E-state index < -0.39 is 0 Å². The number of nitriles is 1. The van der Waals surface area contributed by atoms with Gasteiger partial charge in [-0.25, -0.2) is 0 Å². The Kier molecular flexibility index (Phi) is 3.34. The highest BCUT2D eigenvalue weighted by atomic mass is 14.9. The van der Waals surface area contributed by atoms with Crippen molar-refractivity contribution < 1.29 is 0 Å². The van der Waals surface area contributed by atoms with Gasteiger partial charge in [-0.05, 0) is 67.7 Å². The van der Waals surface area contributed by atoms with Gasteiger partial charge in [0.15, 0.2) is 0 Å². The van der Waals surface area contributed by atoms with Gasteiger partial charge in [-0.1, -0.05) is 12.1 Å². The molecule has 2 fully saturated rings. The molecular formula is C16H20N2. The second-order valence-corrected chi connectivity index (χ2v) is 5.78. The number of nitrogens with zero attached hydrogens (tertiary/aromatic N) is 1. The number of hydrogen-bond acceptors (Lipinski definition) is 2. The van der Waals surface area contributed by atoms with Crippen LogP contribution in [0.15, 0.2) is 24.3 Å². The van der Waals surface area contributed by atoms with Gasteiger partial charge in [0.2, 0.25) is 0 Å². The van der Waals surface area contributed by atoms with E-state index in [9.17, 15) is 0 Å². The van der Waals surface area contributed by atoms with Crippen molar-refractivity contribution in [2.75, 3.05) is 6.54 Å². The third-order valence-electron chi connectivity index (χ3n) is 4.22. The molecule has 0 aromatic heterocycles. The van der Waals surface area contributed by atoms with Crippen molar-refractivity contribution >= 4 is 0 Å². The van der Waals surface area contributed by atoms with Gasteiger partial charge in [-0.15, -0.1) is 0 Å². The normalized spacial score (nSPS) is 18.9. The predicted molar refractivity (Wildman–Crippen MR) is 71.8 cm³/mol. The molecule has 0 radical (unpaired) electrons. The summed E-state index contributed by atoms with van der Waals surface area (Å²) in [7, 11) is 0. The summed E-state index contributed by atoms with van der Waals surface area (Å²) in [4.78, 5) is 0. The molecule has 2 saturated carbocycles. The Morgan fingerprint density at radius 1 is 1.22 bits per heavy atom. The number of benzene rings is 1. The summed E-state index contributed by atoms with van der Waals surface area (Å²) in [5.74, 6) is 2.94. The van der Waals surface area contributed by atoms with Gasteiger partial charge in [-0.2, -0.15) is 5.26 Å². The lowest BCUT2D eigenvalue weighted by Crippen LogP contribution is -2.25. The molecule has 0 heterocycles. The summed E-state index contributed by atoms with van der Waals surface area (Å²) in [5, 5.41) is 12.5. The second-order valence-electron chi connectivity index (χ2n) is 5.78. The minimum atomic E-state index is 0.759. The van der Waals surface area contributed by atoms with Crippen molar-refractivity contribution in [2.45, 2.75) is 32.2 Å². The average Bonchev–Trinajstić information content (AvgIpc) is 3.28. The Morgan fingerprint density at radius 3 is 2.56 bits per heavy atom. The molecule has 0 spiro atoms. The molecule has 0 amide bonds. The molecule has 94 valence electrons. The molecule has 1 aromatic carbocycles.